The minimum atomic E-state index is -0.430. The van der Waals surface area contributed by atoms with Gasteiger partial charge in [0.1, 0.15) is 12.4 Å². The van der Waals surface area contributed by atoms with Gasteiger partial charge in [-0.15, -0.1) is 0 Å². The highest BCUT2D eigenvalue weighted by Gasteiger charge is 2.29. The number of nitrogens with zero attached hydrogens (tertiary/aromatic N) is 1. The van der Waals surface area contributed by atoms with Gasteiger partial charge in [0.05, 0.1) is 19.0 Å². The number of rotatable bonds is 7. The van der Waals surface area contributed by atoms with Crippen molar-refractivity contribution >= 4 is 0 Å². The number of likely N-dealkylation sites (tertiary alicyclic amines) is 1. The fourth-order valence-corrected chi connectivity index (χ4v) is 3.09. The maximum atomic E-state index is 10.2. The molecule has 1 N–H and O–H groups in total. The van der Waals surface area contributed by atoms with Crippen LogP contribution in [0.15, 0.2) is 22.8 Å². The largest absolute Gasteiger partial charge is 0.467 e. The van der Waals surface area contributed by atoms with Crippen molar-refractivity contribution in [3.8, 4) is 0 Å². The number of furan rings is 1. The van der Waals surface area contributed by atoms with Gasteiger partial charge in [0.2, 0.25) is 0 Å². The third-order valence-electron chi connectivity index (χ3n) is 3.93. The van der Waals surface area contributed by atoms with Crippen LogP contribution in [0.3, 0.4) is 0 Å². The van der Waals surface area contributed by atoms with Gasteiger partial charge < -0.3 is 14.3 Å². The van der Waals surface area contributed by atoms with E-state index in [4.69, 9.17) is 9.15 Å². The molecule has 0 bridgehead atoms. The van der Waals surface area contributed by atoms with Gasteiger partial charge in [-0.1, -0.05) is 20.8 Å². The van der Waals surface area contributed by atoms with E-state index in [0.717, 1.165) is 12.3 Å². The maximum Gasteiger partial charge on any atom is 0.129 e. The number of aliphatic hydroxyl groups is 1. The van der Waals surface area contributed by atoms with Crippen LogP contribution in [0.5, 0.6) is 0 Å². The van der Waals surface area contributed by atoms with E-state index in [0.29, 0.717) is 31.2 Å². The molecule has 4 heteroatoms. The number of hydrogen-bond donors (Lipinski definition) is 1. The van der Waals surface area contributed by atoms with Crippen LogP contribution in [-0.2, 0) is 11.3 Å². The Hall–Kier alpha value is -0.840. The van der Waals surface area contributed by atoms with E-state index >= 15 is 0 Å². The Labute approximate surface area is 128 Å². The van der Waals surface area contributed by atoms with Crippen LogP contribution in [0.1, 0.15) is 45.8 Å². The molecular formula is C17H29NO3. The summed E-state index contributed by atoms with van der Waals surface area (Å²) in [6, 6.07) is 4.33. The Balaban J connectivity index is 1.69. The summed E-state index contributed by atoms with van der Waals surface area (Å²) in [6.45, 7) is 9.44. The fraction of sp³-hybridized carbons (Fsp3) is 0.765. The molecule has 0 aliphatic carbocycles. The topological polar surface area (TPSA) is 45.8 Å². The van der Waals surface area contributed by atoms with Crippen LogP contribution in [0, 0.1) is 5.41 Å². The third kappa shape index (κ3) is 5.81. The van der Waals surface area contributed by atoms with Crippen molar-refractivity contribution in [2.24, 2.45) is 5.41 Å². The summed E-state index contributed by atoms with van der Waals surface area (Å²) in [6.07, 6.45) is 4.88. The van der Waals surface area contributed by atoms with Gasteiger partial charge in [0.25, 0.3) is 0 Å². The zero-order valence-electron chi connectivity index (χ0n) is 13.5. The molecule has 1 saturated heterocycles. The molecule has 0 amide bonds. The van der Waals surface area contributed by atoms with Crippen LogP contribution in [0.4, 0.5) is 0 Å². The molecule has 2 heterocycles. The maximum absolute atomic E-state index is 10.2. The standard InChI is InChI=1S/C17H29NO3/c1-17(2,3)10-14-6-4-8-18(14)11-15(19)12-20-13-16-7-5-9-21-16/h5,7,9,14-15,19H,4,6,8,10-13H2,1-3H3. The smallest absolute Gasteiger partial charge is 0.129 e. The summed E-state index contributed by atoms with van der Waals surface area (Å²) in [4.78, 5) is 2.42. The predicted molar refractivity (Wildman–Crippen MR) is 83.0 cm³/mol. The molecule has 1 aromatic heterocycles. The molecule has 21 heavy (non-hydrogen) atoms. The summed E-state index contributed by atoms with van der Waals surface area (Å²) in [5, 5.41) is 10.2. The van der Waals surface area contributed by atoms with Gasteiger partial charge in [-0.25, -0.2) is 0 Å². The normalized spacial score (nSPS) is 21.8. The predicted octanol–water partition coefficient (Wildman–Crippen LogP) is 3.06. The van der Waals surface area contributed by atoms with Gasteiger partial charge in [0.15, 0.2) is 0 Å². The molecule has 2 atom stereocenters. The molecule has 1 aromatic rings. The van der Waals surface area contributed by atoms with Crippen molar-refractivity contribution in [3.63, 3.8) is 0 Å². The number of ether oxygens (including phenoxy) is 1. The highest BCUT2D eigenvalue weighted by atomic mass is 16.5. The van der Waals surface area contributed by atoms with Crippen molar-refractivity contribution < 1.29 is 14.3 Å². The zero-order valence-corrected chi connectivity index (χ0v) is 13.5. The Morgan fingerprint density at radius 1 is 1.48 bits per heavy atom. The van der Waals surface area contributed by atoms with E-state index in [1.54, 1.807) is 6.26 Å². The molecule has 0 saturated carbocycles. The summed E-state index contributed by atoms with van der Waals surface area (Å²) >= 11 is 0. The monoisotopic (exact) mass is 295 g/mol. The van der Waals surface area contributed by atoms with Gasteiger partial charge in [-0.05, 0) is 43.4 Å². The van der Waals surface area contributed by atoms with E-state index in [2.05, 4.69) is 25.7 Å². The second-order valence-corrected chi connectivity index (χ2v) is 7.30. The van der Waals surface area contributed by atoms with Gasteiger partial charge in [0, 0.05) is 12.6 Å². The lowest BCUT2D eigenvalue weighted by Crippen LogP contribution is -2.39. The Morgan fingerprint density at radius 3 is 2.95 bits per heavy atom. The summed E-state index contributed by atoms with van der Waals surface area (Å²) < 4.78 is 10.7. The summed E-state index contributed by atoms with van der Waals surface area (Å²) in [5.41, 5.74) is 0.341. The fourth-order valence-electron chi connectivity index (χ4n) is 3.09. The first-order valence-electron chi connectivity index (χ1n) is 7.96. The number of aliphatic hydroxyl groups excluding tert-OH is 1. The second-order valence-electron chi connectivity index (χ2n) is 7.30. The molecule has 1 aliphatic rings. The van der Waals surface area contributed by atoms with Crippen LogP contribution < -0.4 is 0 Å². The Morgan fingerprint density at radius 2 is 2.29 bits per heavy atom. The highest BCUT2D eigenvalue weighted by molar-refractivity contribution is 4.96. The summed E-state index contributed by atoms with van der Waals surface area (Å²) in [5.74, 6) is 0.800. The van der Waals surface area contributed by atoms with E-state index in [1.165, 1.54) is 19.3 Å². The molecule has 0 radical (unpaired) electrons. The zero-order chi connectivity index (χ0) is 15.3. The van der Waals surface area contributed by atoms with Crippen LogP contribution in [0.25, 0.3) is 0 Å². The number of β-amino-alcohol motifs (C(OH)–C–C–N with tert-alkyl or cyclic N) is 1. The molecule has 0 spiro atoms. The molecule has 1 aliphatic heterocycles. The highest BCUT2D eigenvalue weighted by Crippen LogP contribution is 2.29. The average Bonchev–Trinajstić information content (AvgIpc) is 3.00. The van der Waals surface area contributed by atoms with Crippen molar-refractivity contribution in [1.29, 1.82) is 0 Å². The van der Waals surface area contributed by atoms with E-state index < -0.39 is 6.10 Å². The van der Waals surface area contributed by atoms with E-state index in [1.807, 2.05) is 12.1 Å². The van der Waals surface area contributed by atoms with Gasteiger partial charge >= 0.3 is 0 Å². The lowest BCUT2D eigenvalue weighted by atomic mass is 9.87. The lowest BCUT2D eigenvalue weighted by Gasteiger charge is -2.31. The van der Waals surface area contributed by atoms with Crippen LogP contribution in [0.2, 0.25) is 0 Å². The van der Waals surface area contributed by atoms with E-state index in [9.17, 15) is 5.11 Å². The van der Waals surface area contributed by atoms with Crippen molar-refractivity contribution in [1.82, 2.24) is 4.90 Å². The Kier molecular flexibility index (Phi) is 5.85. The second kappa shape index (κ2) is 7.43. The minimum absolute atomic E-state index is 0.341. The molecular weight excluding hydrogens is 266 g/mol. The number of hydrogen-bond acceptors (Lipinski definition) is 4. The van der Waals surface area contributed by atoms with Crippen molar-refractivity contribution in [2.45, 2.75) is 58.8 Å². The van der Waals surface area contributed by atoms with Crippen LogP contribution in [-0.4, -0.2) is 41.8 Å². The molecule has 0 aromatic carbocycles. The SMILES string of the molecule is CC(C)(C)CC1CCCN1CC(O)COCc1ccco1. The lowest BCUT2D eigenvalue weighted by molar-refractivity contribution is 0.000975. The molecule has 120 valence electrons. The average molecular weight is 295 g/mol. The Bertz CT molecular complexity index is 397. The van der Waals surface area contributed by atoms with Crippen molar-refractivity contribution in [2.75, 3.05) is 19.7 Å². The van der Waals surface area contributed by atoms with Crippen LogP contribution >= 0.6 is 0 Å². The molecule has 4 nitrogen and oxygen atoms in total. The molecule has 2 unspecified atom stereocenters. The first-order valence-corrected chi connectivity index (χ1v) is 7.96. The van der Waals surface area contributed by atoms with E-state index in [-0.39, 0.29) is 0 Å². The molecule has 2 rings (SSSR count). The van der Waals surface area contributed by atoms with Crippen molar-refractivity contribution in [3.05, 3.63) is 24.2 Å². The first kappa shape index (κ1) is 16.5. The van der Waals surface area contributed by atoms with Gasteiger partial charge in [-0.2, -0.15) is 0 Å². The quantitative estimate of drug-likeness (QED) is 0.840. The first-order chi connectivity index (χ1) is 9.94. The minimum Gasteiger partial charge on any atom is -0.467 e. The molecule has 1 fully saturated rings. The third-order valence-corrected chi connectivity index (χ3v) is 3.93. The van der Waals surface area contributed by atoms with Gasteiger partial charge in [-0.3, -0.25) is 4.90 Å². The summed E-state index contributed by atoms with van der Waals surface area (Å²) in [7, 11) is 0.